The van der Waals surface area contributed by atoms with Gasteiger partial charge in [-0.25, -0.2) is 9.18 Å². The van der Waals surface area contributed by atoms with Gasteiger partial charge < -0.3 is 0 Å². The van der Waals surface area contributed by atoms with E-state index in [1.165, 1.54) is 10.7 Å². The lowest BCUT2D eigenvalue weighted by molar-refractivity contribution is 0.570. The molecule has 2 aromatic carbocycles. The van der Waals surface area contributed by atoms with Crippen molar-refractivity contribution < 1.29 is 4.39 Å². The van der Waals surface area contributed by atoms with Crippen LogP contribution in [0.4, 0.5) is 4.39 Å². The third kappa shape index (κ3) is 2.81. The molecule has 0 saturated heterocycles. The van der Waals surface area contributed by atoms with Crippen LogP contribution in [-0.4, -0.2) is 30.0 Å². The van der Waals surface area contributed by atoms with E-state index in [0.29, 0.717) is 11.3 Å². The minimum atomic E-state index is -0.427. The molecule has 0 bridgehead atoms. The predicted octanol–water partition coefficient (Wildman–Crippen LogP) is 2.31. The second-order valence-electron chi connectivity index (χ2n) is 5.91. The van der Waals surface area contributed by atoms with Crippen molar-refractivity contribution in [1.29, 1.82) is 0 Å². The molecule has 0 amide bonds. The van der Waals surface area contributed by atoms with Gasteiger partial charge >= 0.3 is 5.69 Å². The maximum atomic E-state index is 13.8. The number of rotatable bonds is 4. The molecule has 0 aliphatic heterocycles. The fourth-order valence-electron chi connectivity index (χ4n) is 2.83. The van der Waals surface area contributed by atoms with Crippen molar-refractivity contribution in [2.75, 3.05) is 0 Å². The first-order chi connectivity index (χ1) is 12.6. The minimum absolute atomic E-state index is 0.0254. The molecule has 0 aliphatic carbocycles. The molecule has 8 heteroatoms. The van der Waals surface area contributed by atoms with Crippen LogP contribution in [0.2, 0.25) is 0 Å². The average Bonchev–Trinajstić information content (AvgIpc) is 3.28. The number of nitrogens with one attached hydrogen (secondary N) is 1. The van der Waals surface area contributed by atoms with E-state index in [2.05, 4.69) is 20.6 Å². The number of aromatic amines is 1. The van der Waals surface area contributed by atoms with Crippen LogP contribution in [0.3, 0.4) is 0 Å². The molecule has 0 saturated carbocycles. The van der Waals surface area contributed by atoms with Crippen LogP contribution >= 0.6 is 0 Å². The highest BCUT2D eigenvalue weighted by atomic mass is 19.1. The van der Waals surface area contributed by atoms with Crippen molar-refractivity contribution >= 4 is 0 Å². The molecule has 130 valence electrons. The van der Waals surface area contributed by atoms with E-state index in [-0.39, 0.29) is 12.4 Å². The zero-order valence-electron chi connectivity index (χ0n) is 13.9. The van der Waals surface area contributed by atoms with Crippen LogP contribution in [0.15, 0.2) is 59.7 Å². The number of tetrazole rings is 1. The summed E-state index contributed by atoms with van der Waals surface area (Å²) in [6.07, 6.45) is 3.54. The highest BCUT2D eigenvalue weighted by molar-refractivity contribution is 5.67. The average molecular weight is 350 g/mol. The van der Waals surface area contributed by atoms with E-state index in [1.54, 1.807) is 36.7 Å². The van der Waals surface area contributed by atoms with Crippen molar-refractivity contribution in [1.82, 2.24) is 30.0 Å². The Morgan fingerprint density at radius 2 is 2.00 bits per heavy atom. The monoisotopic (exact) mass is 350 g/mol. The zero-order valence-corrected chi connectivity index (χ0v) is 13.9. The summed E-state index contributed by atoms with van der Waals surface area (Å²) in [5.41, 5.74) is 3.50. The Labute approximate surface area is 147 Å². The predicted molar refractivity (Wildman–Crippen MR) is 93.4 cm³/mol. The van der Waals surface area contributed by atoms with Gasteiger partial charge in [-0.1, -0.05) is 24.3 Å². The van der Waals surface area contributed by atoms with Crippen molar-refractivity contribution in [3.63, 3.8) is 0 Å². The van der Waals surface area contributed by atoms with Gasteiger partial charge in [-0.15, -0.1) is 0 Å². The van der Waals surface area contributed by atoms with Crippen LogP contribution in [0.25, 0.3) is 16.8 Å². The maximum absolute atomic E-state index is 13.8. The van der Waals surface area contributed by atoms with Gasteiger partial charge in [0.05, 0.1) is 18.4 Å². The van der Waals surface area contributed by atoms with Gasteiger partial charge in [0.25, 0.3) is 0 Å². The molecule has 2 heterocycles. The van der Waals surface area contributed by atoms with Crippen molar-refractivity contribution in [2.24, 2.45) is 0 Å². The van der Waals surface area contributed by atoms with Crippen molar-refractivity contribution in [2.45, 2.75) is 13.5 Å². The number of aryl methyl sites for hydroxylation is 1. The number of H-pyrrole nitrogens is 1. The highest BCUT2D eigenvalue weighted by Gasteiger charge is 2.12. The van der Waals surface area contributed by atoms with Crippen LogP contribution in [0.1, 0.15) is 11.1 Å². The molecular formula is C18H15FN6O. The molecule has 1 N–H and O–H groups in total. The number of halogens is 1. The molecule has 4 rings (SSSR count). The summed E-state index contributed by atoms with van der Waals surface area (Å²) in [4.78, 5) is 12.6. The second-order valence-corrected chi connectivity index (χ2v) is 5.91. The number of aromatic nitrogens is 6. The quantitative estimate of drug-likeness (QED) is 0.612. The first-order valence-corrected chi connectivity index (χ1v) is 8.00. The molecule has 0 radical (unpaired) electrons. The second kappa shape index (κ2) is 6.40. The first kappa shape index (κ1) is 15.9. The smallest absolute Gasteiger partial charge is 0.285 e. The van der Waals surface area contributed by atoms with E-state index in [1.807, 2.05) is 19.1 Å². The first-order valence-electron chi connectivity index (χ1n) is 8.00. The Hall–Kier alpha value is -3.55. The van der Waals surface area contributed by atoms with Gasteiger partial charge in [-0.05, 0) is 46.7 Å². The third-order valence-corrected chi connectivity index (χ3v) is 4.18. The largest absolute Gasteiger partial charge is 0.368 e. The number of nitrogens with zero attached hydrogens (tertiary/aromatic N) is 5. The van der Waals surface area contributed by atoms with Gasteiger partial charge in [0.2, 0.25) is 0 Å². The SMILES string of the molecule is Cc1cc(-n2nnn(Cc3ccccc3F)c2=O)ccc1-c1cn[nH]c1. The summed E-state index contributed by atoms with van der Waals surface area (Å²) in [5, 5.41) is 14.5. The summed E-state index contributed by atoms with van der Waals surface area (Å²) in [5.74, 6) is -0.380. The molecule has 0 unspecified atom stereocenters. The standard InChI is InChI=1S/C18H15FN6O/c1-12-8-15(6-7-16(12)14-9-20-21-10-14)25-18(26)24(22-23-25)11-13-4-2-3-5-17(13)19/h2-10H,11H2,1H3,(H,20,21). The van der Waals surface area contributed by atoms with Gasteiger partial charge in [0, 0.05) is 17.3 Å². The summed E-state index contributed by atoms with van der Waals surface area (Å²) in [6.45, 7) is 1.97. The molecule has 2 aromatic heterocycles. The van der Waals surface area contributed by atoms with E-state index < -0.39 is 5.69 Å². The van der Waals surface area contributed by atoms with E-state index in [9.17, 15) is 9.18 Å². The van der Waals surface area contributed by atoms with Crippen LogP contribution in [0.5, 0.6) is 0 Å². The van der Waals surface area contributed by atoms with Gasteiger partial charge in [0.1, 0.15) is 5.82 Å². The van der Waals surface area contributed by atoms with E-state index in [4.69, 9.17) is 0 Å². The summed E-state index contributed by atoms with van der Waals surface area (Å²) >= 11 is 0. The van der Waals surface area contributed by atoms with Crippen molar-refractivity contribution in [3.8, 4) is 16.8 Å². The van der Waals surface area contributed by atoms with Crippen LogP contribution in [0, 0.1) is 12.7 Å². The topological polar surface area (TPSA) is 81.4 Å². The lowest BCUT2D eigenvalue weighted by Gasteiger charge is -2.06. The molecule has 0 aliphatic rings. The van der Waals surface area contributed by atoms with Gasteiger partial charge in [0.15, 0.2) is 0 Å². The molecule has 0 spiro atoms. The van der Waals surface area contributed by atoms with Crippen molar-refractivity contribution in [3.05, 3.63) is 82.3 Å². The summed E-state index contributed by atoms with van der Waals surface area (Å²) in [6, 6.07) is 11.8. The highest BCUT2D eigenvalue weighted by Crippen LogP contribution is 2.23. The lowest BCUT2D eigenvalue weighted by Crippen LogP contribution is -2.25. The molecule has 4 aromatic rings. The third-order valence-electron chi connectivity index (χ3n) is 4.18. The van der Waals surface area contributed by atoms with E-state index >= 15 is 0 Å². The Bertz CT molecular complexity index is 1110. The molecule has 26 heavy (non-hydrogen) atoms. The zero-order chi connectivity index (χ0) is 18.1. The fraction of sp³-hybridized carbons (Fsp3) is 0.111. The summed E-state index contributed by atoms with van der Waals surface area (Å²) in [7, 11) is 0. The number of benzene rings is 2. The lowest BCUT2D eigenvalue weighted by atomic mass is 10.0. The van der Waals surface area contributed by atoms with E-state index in [0.717, 1.165) is 21.4 Å². The Morgan fingerprint density at radius 3 is 2.73 bits per heavy atom. The molecule has 0 fully saturated rings. The number of hydrogen-bond acceptors (Lipinski definition) is 4. The maximum Gasteiger partial charge on any atom is 0.368 e. The van der Waals surface area contributed by atoms with Crippen LogP contribution in [-0.2, 0) is 6.54 Å². The fourth-order valence-corrected chi connectivity index (χ4v) is 2.83. The molecular weight excluding hydrogens is 335 g/mol. The minimum Gasteiger partial charge on any atom is -0.285 e. The normalized spacial score (nSPS) is 11.0. The number of hydrogen-bond donors (Lipinski definition) is 1. The Balaban J connectivity index is 1.67. The van der Waals surface area contributed by atoms with Crippen LogP contribution < -0.4 is 5.69 Å². The van der Waals surface area contributed by atoms with Gasteiger partial charge in [-0.3, -0.25) is 5.10 Å². The summed E-state index contributed by atoms with van der Waals surface area (Å²) < 4.78 is 16.1. The Morgan fingerprint density at radius 1 is 1.15 bits per heavy atom. The van der Waals surface area contributed by atoms with Gasteiger partial charge in [-0.2, -0.15) is 14.5 Å². The molecule has 0 atom stereocenters. The Kier molecular flexibility index (Phi) is 3.92. The molecule has 7 nitrogen and oxygen atoms in total.